The van der Waals surface area contributed by atoms with Gasteiger partial charge in [-0.25, -0.2) is 0 Å². The fourth-order valence-corrected chi connectivity index (χ4v) is 4.83. The molecule has 7 heteroatoms. The smallest absolute Gasteiger partial charge is 0.191 e. The maximum atomic E-state index is 5.55. The van der Waals surface area contributed by atoms with Crippen LogP contribution in [0.1, 0.15) is 25.7 Å². The minimum atomic E-state index is 0.242. The molecule has 6 nitrogen and oxygen atoms in total. The van der Waals surface area contributed by atoms with Gasteiger partial charge in [0.2, 0.25) is 0 Å². The number of methoxy groups -OCH3 is 1. The van der Waals surface area contributed by atoms with E-state index in [0.29, 0.717) is 6.04 Å². The molecule has 28 heavy (non-hydrogen) atoms. The van der Waals surface area contributed by atoms with Gasteiger partial charge in [-0.2, -0.15) is 11.8 Å². The summed E-state index contributed by atoms with van der Waals surface area (Å²) < 4.78 is 11.3. The molecule has 2 N–H and O–H groups in total. The molecule has 0 radical (unpaired) electrons. The third-order valence-corrected chi connectivity index (χ3v) is 7.25. The van der Waals surface area contributed by atoms with Crippen LogP contribution in [0.25, 0.3) is 0 Å². The van der Waals surface area contributed by atoms with Gasteiger partial charge in [0.05, 0.1) is 12.8 Å². The van der Waals surface area contributed by atoms with Crippen molar-refractivity contribution in [2.45, 2.75) is 36.5 Å². The van der Waals surface area contributed by atoms with E-state index in [1.165, 1.54) is 5.69 Å². The van der Waals surface area contributed by atoms with Crippen molar-refractivity contribution in [2.24, 2.45) is 4.99 Å². The van der Waals surface area contributed by atoms with Crippen LogP contribution >= 0.6 is 11.8 Å². The van der Waals surface area contributed by atoms with E-state index in [4.69, 9.17) is 9.47 Å². The average Bonchev–Trinajstić information content (AvgIpc) is 2.77. The lowest BCUT2D eigenvalue weighted by atomic mass is 9.99. The highest BCUT2D eigenvalue weighted by atomic mass is 32.2. The third-order valence-electron chi connectivity index (χ3n) is 5.83. The zero-order valence-electron chi connectivity index (χ0n) is 17.4. The van der Waals surface area contributed by atoms with Crippen LogP contribution in [0, 0.1) is 0 Å². The normalized spacial score (nSPS) is 22.6. The molecule has 2 aliphatic rings. The summed E-state index contributed by atoms with van der Waals surface area (Å²) in [5.74, 6) is 1.83. The van der Waals surface area contributed by atoms with E-state index >= 15 is 0 Å². The quantitative estimate of drug-likeness (QED) is 0.560. The Hall–Kier alpha value is -1.60. The Kier molecular flexibility index (Phi) is 7.73. The van der Waals surface area contributed by atoms with Crippen molar-refractivity contribution in [2.75, 3.05) is 58.2 Å². The molecular weight excluding hydrogens is 372 g/mol. The van der Waals surface area contributed by atoms with Crippen LogP contribution in [0.15, 0.2) is 29.3 Å². The summed E-state index contributed by atoms with van der Waals surface area (Å²) in [5, 5.41) is 7.21. The number of guanidine groups is 1. The first kappa shape index (κ1) is 21.1. The molecular formula is C21H34N4O2S. The lowest BCUT2D eigenvalue weighted by molar-refractivity contribution is 0.0782. The summed E-state index contributed by atoms with van der Waals surface area (Å²) >= 11 is 1.95. The van der Waals surface area contributed by atoms with Crippen molar-refractivity contribution >= 4 is 23.4 Å². The number of piperidine rings is 1. The van der Waals surface area contributed by atoms with Gasteiger partial charge in [-0.3, -0.25) is 4.99 Å². The van der Waals surface area contributed by atoms with Gasteiger partial charge in [0.1, 0.15) is 5.75 Å². The van der Waals surface area contributed by atoms with Crippen molar-refractivity contribution in [1.29, 1.82) is 0 Å². The second-order valence-electron chi connectivity index (χ2n) is 7.53. The summed E-state index contributed by atoms with van der Waals surface area (Å²) in [7, 11) is 3.59. The molecule has 3 rings (SSSR count). The number of rotatable bonds is 6. The first-order chi connectivity index (χ1) is 13.7. The molecule has 2 saturated heterocycles. The Balaban J connectivity index is 1.57. The van der Waals surface area contributed by atoms with Gasteiger partial charge in [0.25, 0.3) is 0 Å². The predicted octanol–water partition coefficient (Wildman–Crippen LogP) is 2.74. The molecule has 0 spiro atoms. The number of thioether (sulfide) groups is 1. The molecule has 0 bridgehead atoms. The molecule has 0 aliphatic carbocycles. The third kappa shape index (κ3) is 5.26. The van der Waals surface area contributed by atoms with E-state index in [0.717, 1.165) is 70.2 Å². The fraction of sp³-hybridized carbons (Fsp3) is 0.667. The molecule has 1 aromatic carbocycles. The number of ether oxygens (including phenoxy) is 2. The summed E-state index contributed by atoms with van der Waals surface area (Å²) in [6.45, 7) is 4.62. The van der Waals surface area contributed by atoms with Crippen molar-refractivity contribution in [1.82, 2.24) is 10.6 Å². The van der Waals surface area contributed by atoms with Crippen molar-refractivity contribution in [3.63, 3.8) is 0 Å². The standard InChI is InChI=1S/C21H34N4O2S/c1-22-20(23-16-21(28-3)10-13-27-14-11-21)24-17-7-6-12-25(15-17)18-8-4-5-9-19(18)26-2/h4-5,8-9,17H,6-7,10-16H2,1-3H3,(H2,22,23,24). The SMILES string of the molecule is CN=C(NCC1(SC)CCOCC1)NC1CCCN(c2ccccc2OC)C1. The number of aliphatic imine (C=N–C) groups is 1. The van der Waals surface area contributed by atoms with Crippen LogP contribution in [0.4, 0.5) is 5.69 Å². The molecule has 0 aromatic heterocycles. The number of anilines is 1. The van der Waals surface area contributed by atoms with Crippen LogP contribution in [-0.2, 0) is 4.74 Å². The van der Waals surface area contributed by atoms with Crippen molar-refractivity contribution in [3.05, 3.63) is 24.3 Å². The summed E-state index contributed by atoms with van der Waals surface area (Å²) in [5.41, 5.74) is 1.17. The zero-order valence-corrected chi connectivity index (χ0v) is 18.2. The van der Waals surface area contributed by atoms with Crippen LogP contribution in [-0.4, -0.2) is 70.0 Å². The van der Waals surface area contributed by atoms with Gasteiger partial charge in [-0.15, -0.1) is 0 Å². The molecule has 2 heterocycles. The molecule has 0 amide bonds. The largest absolute Gasteiger partial charge is 0.495 e. The maximum Gasteiger partial charge on any atom is 0.191 e. The predicted molar refractivity (Wildman–Crippen MR) is 119 cm³/mol. The van der Waals surface area contributed by atoms with Crippen molar-refractivity contribution in [3.8, 4) is 5.75 Å². The fourth-order valence-electron chi connectivity index (χ4n) is 4.03. The first-order valence-corrected chi connectivity index (χ1v) is 11.4. The van der Waals surface area contributed by atoms with Crippen LogP contribution < -0.4 is 20.3 Å². The van der Waals surface area contributed by atoms with Crippen molar-refractivity contribution < 1.29 is 9.47 Å². The monoisotopic (exact) mass is 406 g/mol. The minimum absolute atomic E-state index is 0.242. The van der Waals surface area contributed by atoms with Gasteiger partial charge >= 0.3 is 0 Å². The molecule has 1 aromatic rings. The highest BCUT2D eigenvalue weighted by Gasteiger charge is 2.32. The summed E-state index contributed by atoms with van der Waals surface area (Å²) in [6, 6.07) is 8.63. The first-order valence-electron chi connectivity index (χ1n) is 10.2. The summed E-state index contributed by atoms with van der Waals surface area (Å²) in [6.07, 6.45) is 6.68. The lowest BCUT2D eigenvalue weighted by Crippen LogP contribution is -2.54. The molecule has 1 unspecified atom stereocenters. The molecule has 156 valence electrons. The van der Waals surface area contributed by atoms with Gasteiger partial charge in [0, 0.05) is 50.7 Å². The Bertz CT molecular complexity index is 649. The average molecular weight is 407 g/mol. The second kappa shape index (κ2) is 10.3. The van der Waals surface area contributed by atoms with E-state index in [-0.39, 0.29) is 4.75 Å². The molecule has 2 fully saturated rings. The molecule has 0 saturated carbocycles. The summed E-state index contributed by atoms with van der Waals surface area (Å²) in [4.78, 5) is 6.89. The van der Waals surface area contributed by atoms with E-state index in [1.807, 2.05) is 30.9 Å². The number of benzene rings is 1. The van der Waals surface area contributed by atoms with E-state index < -0.39 is 0 Å². The van der Waals surface area contributed by atoms with E-state index in [2.05, 4.69) is 38.9 Å². The van der Waals surface area contributed by atoms with Gasteiger partial charge in [0.15, 0.2) is 5.96 Å². The number of nitrogens with one attached hydrogen (secondary N) is 2. The van der Waals surface area contributed by atoms with Crippen LogP contribution in [0.5, 0.6) is 5.75 Å². The Morgan fingerprint density at radius 3 is 2.86 bits per heavy atom. The highest BCUT2D eigenvalue weighted by Crippen LogP contribution is 2.33. The van der Waals surface area contributed by atoms with Crippen LogP contribution in [0.2, 0.25) is 0 Å². The van der Waals surface area contributed by atoms with Crippen LogP contribution in [0.3, 0.4) is 0 Å². The molecule has 1 atom stereocenters. The maximum absolute atomic E-state index is 5.55. The number of hydrogen-bond acceptors (Lipinski definition) is 5. The zero-order chi connectivity index (χ0) is 19.8. The number of nitrogens with zero attached hydrogens (tertiary/aromatic N) is 2. The second-order valence-corrected chi connectivity index (χ2v) is 8.80. The van der Waals surface area contributed by atoms with E-state index in [1.54, 1.807) is 7.11 Å². The van der Waals surface area contributed by atoms with Gasteiger partial charge in [-0.1, -0.05) is 12.1 Å². The van der Waals surface area contributed by atoms with E-state index in [9.17, 15) is 0 Å². The highest BCUT2D eigenvalue weighted by molar-refractivity contribution is 8.00. The number of para-hydroxylation sites is 2. The minimum Gasteiger partial charge on any atom is -0.495 e. The lowest BCUT2D eigenvalue weighted by Gasteiger charge is -2.38. The topological polar surface area (TPSA) is 58.1 Å². The Morgan fingerprint density at radius 2 is 2.14 bits per heavy atom. The number of hydrogen-bond donors (Lipinski definition) is 2. The Morgan fingerprint density at radius 1 is 1.36 bits per heavy atom. The van der Waals surface area contributed by atoms with Gasteiger partial charge in [-0.05, 0) is 44.1 Å². The van der Waals surface area contributed by atoms with Gasteiger partial charge < -0.3 is 25.0 Å². The molecule has 2 aliphatic heterocycles. The Labute approximate surface area is 173 Å².